The number of urea groups is 1. The molecule has 0 spiro atoms. The Morgan fingerprint density at radius 3 is 2.38 bits per heavy atom. The first kappa shape index (κ1) is 25.7. The van der Waals surface area contributed by atoms with Crippen molar-refractivity contribution in [3.63, 3.8) is 0 Å². The average molecular weight is 508 g/mol. The number of nitrogen functional groups attached to an aromatic ring is 1. The standard InChI is InChI=1S/C24H33N11O2/c1-16(36)33-10-5-11-34(13-12-33)19-14-20(27-15-26-19)35-21(25)30-22(32-35)28-17-6-8-18(9-7-17)29-23(37)31-24(2,3)4/h6-9,14-15H,5,10-13H2,1-4H3,(H2,29,31,37)(H3,25,28,30,32). The topological polar surface area (TPSA) is 159 Å². The summed E-state index contributed by atoms with van der Waals surface area (Å²) in [5.41, 5.74) is 7.18. The van der Waals surface area contributed by atoms with Gasteiger partial charge >= 0.3 is 6.03 Å². The normalized spacial score (nSPS) is 14.2. The van der Waals surface area contributed by atoms with Crippen molar-refractivity contribution >= 4 is 41.0 Å². The van der Waals surface area contributed by atoms with Crippen LogP contribution in [-0.2, 0) is 4.79 Å². The third-order valence-electron chi connectivity index (χ3n) is 5.64. The molecule has 0 aliphatic carbocycles. The summed E-state index contributed by atoms with van der Waals surface area (Å²) in [6.45, 7) is 10.2. The monoisotopic (exact) mass is 507 g/mol. The highest BCUT2D eigenvalue weighted by molar-refractivity contribution is 5.89. The number of benzene rings is 1. The van der Waals surface area contributed by atoms with E-state index < -0.39 is 0 Å². The van der Waals surface area contributed by atoms with E-state index in [1.165, 1.54) is 11.0 Å². The molecule has 0 atom stereocenters. The molecule has 0 bridgehead atoms. The first-order valence-electron chi connectivity index (χ1n) is 12.1. The Morgan fingerprint density at radius 2 is 1.68 bits per heavy atom. The van der Waals surface area contributed by atoms with Crippen molar-refractivity contribution in [3.8, 4) is 5.82 Å². The Labute approximate surface area is 215 Å². The summed E-state index contributed by atoms with van der Waals surface area (Å²) in [5.74, 6) is 1.77. The highest BCUT2D eigenvalue weighted by Crippen LogP contribution is 2.21. The van der Waals surface area contributed by atoms with E-state index in [1.54, 1.807) is 37.3 Å². The zero-order valence-corrected chi connectivity index (χ0v) is 21.5. The molecule has 13 nitrogen and oxygen atoms in total. The maximum Gasteiger partial charge on any atom is 0.319 e. The molecule has 13 heteroatoms. The molecule has 4 rings (SSSR count). The molecule has 1 aromatic carbocycles. The van der Waals surface area contributed by atoms with Gasteiger partial charge in [-0.1, -0.05) is 0 Å². The largest absolute Gasteiger partial charge is 0.368 e. The van der Waals surface area contributed by atoms with Gasteiger partial charge in [0.15, 0.2) is 5.82 Å². The van der Waals surface area contributed by atoms with Gasteiger partial charge in [0.05, 0.1) is 0 Å². The lowest BCUT2D eigenvalue weighted by atomic mass is 10.1. The molecule has 37 heavy (non-hydrogen) atoms. The molecule has 3 amide bonds. The summed E-state index contributed by atoms with van der Waals surface area (Å²) in [7, 11) is 0. The Bertz CT molecular complexity index is 1250. The third kappa shape index (κ3) is 6.84. The van der Waals surface area contributed by atoms with Gasteiger partial charge in [-0.3, -0.25) is 4.79 Å². The second-order valence-electron chi connectivity index (χ2n) is 9.82. The van der Waals surface area contributed by atoms with Gasteiger partial charge in [-0.15, -0.1) is 5.10 Å². The number of nitrogens with two attached hydrogens (primary N) is 1. The number of aromatic nitrogens is 5. The number of nitrogens with zero attached hydrogens (tertiary/aromatic N) is 7. The first-order chi connectivity index (χ1) is 17.6. The minimum atomic E-state index is -0.329. The van der Waals surface area contributed by atoms with Crippen LogP contribution < -0.4 is 26.6 Å². The van der Waals surface area contributed by atoms with Gasteiger partial charge in [-0.05, 0) is 51.5 Å². The van der Waals surface area contributed by atoms with Crippen molar-refractivity contribution in [2.75, 3.05) is 47.4 Å². The number of rotatable bonds is 5. The number of hydrogen-bond donors (Lipinski definition) is 4. The van der Waals surface area contributed by atoms with Gasteiger partial charge in [-0.2, -0.15) is 9.67 Å². The molecule has 1 fully saturated rings. The van der Waals surface area contributed by atoms with Crippen LogP contribution >= 0.6 is 0 Å². The lowest BCUT2D eigenvalue weighted by Crippen LogP contribution is -2.43. The number of anilines is 5. The second kappa shape index (κ2) is 10.7. The fourth-order valence-corrected chi connectivity index (χ4v) is 3.90. The van der Waals surface area contributed by atoms with Crippen LogP contribution in [0.25, 0.3) is 5.82 Å². The summed E-state index contributed by atoms with van der Waals surface area (Å²) in [6, 6.07) is 8.68. The molecule has 0 unspecified atom stereocenters. The van der Waals surface area contributed by atoms with Gasteiger partial charge in [0.2, 0.25) is 17.8 Å². The fourth-order valence-electron chi connectivity index (χ4n) is 3.90. The van der Waals surface area contributed by atoms with E-state index in [0.29, 0.717) is 30.5 Å². The van der Waals surface area contributed by atoms with E-state index in [1.807, 2.05) is 25.7 Å². The predicted molar refractivity (Wildman–Crippen MR) is 142 cm³/mol. The van der Waals surface area contributed by atoms with Crippen LogP contribution in [0.5, 0.6) is 0 Å². The lowest BCUT2D eigenvalue weighted by Gasteiger charge is -2.22. The maximum atomic E-state index is 12.1. The summed E-state index contributed by atoms with van der Waals surface area (Å²) in [4.78, 5) is 40.8. The second-order valence-corrected chi connectivity index (χ2v) is 9.82. The molecule has 0 radical (unpaired) electrons. The molecule has 1 aliphatic rings. The van der Waals surface area contributed by atoms with Crippen LogP contribution in [0.3, 0.4) is 0 Å². The fraction of sp³-hybridized carbons (Fsp3) is 0.417. The zero-order chi connectivity index (χ0) is 26.6. The minimum Gasteiger partial charge on any atom is -0.368 e. The van der Waals surface area contributed by atoms with Crippen molar-refractivity contribution in [3.05, 3.63) is 36.7 Å². The van der Waals surface area contributed by atoms with E-state index in [-0.39, 0.29) is 23.4 Å². The van der Waals surface area contributed by atoms with Crippen LogP contribution in [-0.4, -0.2) is 73.3 Å². The zero-order valence-electron chi connectivity index (χ0n) is 21.5. The Morgan fingerprint density at radius 1 is 0.973 bits per heavy atom. The summed E-state index contributed by atoms with van der Waals surface area (Å²) >= 11 is 0. The molecule has 196 valence electrons. The number of hydrogen-bond acceptors (Lipinski definition) is 9. The van der Waals surface area contributed by atoms with Crippen molar-refractivity contribution in [1.82, 2.24) is 34.9 Å². The van der Waals surface area contributed by atoms with Crippen LogP contribution in [0.15, 0.2) is 36.7 Å². The van der Waals surface area contributed by atoms with Crippen molar-refractivity contribution in [1.29, 1.82) is 0 Å². The van der Waals surface area contributed by atoms with E-state index in [4.69, 9.17) is 5.73 Å². The molecule has 3 aromatic rings. The summed E-state index contributed by atoms with van der Waals surface area (Å²) < 4.78 is 1.44. The highest BCUT2D eigenvalue weighted by Gasteiger charge is 2.19. The number of carbonyl (C=O) groups is 2. The van der Waals surface area contributed by atoms with E-state index in [0.717, 1.165) is 31.0 Å². The number of amides is 3. The van der Waals surface area contributed by atoms with Crippen LogP contribution in [0, 0.1) is 0 Å². The quantitative estimate of drug-likeness (QED) is 0.406. The SMILES string of the molecule is CC(=O)N1CCCN(c2cc(-n3nc(Nc4ccc(NC(=O)NC(C)(C)C)cc4)nc3N)ncn2)CC1. The molecule has 1 saturated heterocycles. The van der Waals surface area contributed by atoms with Gasteiger partial charge in [0.25, 0.3) is 0 Å². The smallest absolute Gasteiger partial charge is 0.319 e. The van der Waals surface area contributed by atoms with Gasteiger partial charge in [-0.25, -0.2) is 14.8 Å². The summed E-state index contributed by atoms with van der Waals surface area (Å²) in [6.07, 6.45) is 2.32. The lowest BCUT2D eigenvalue weighted by molar-refractivity contribution is -0.128. The van der Waals surface area contributed by atoms with Crippen molar-refractivity contribution in [2.45, 2.75) is 39.7 Å². The number of nitrogens with one attached hydrogen (secondary N) is 3. The van der Waals surface area contributed by atoms with Gasteiger partial charge in [0, 0.05) is 56.1 Å². The maximum absolute atomic E-state index is 12.1. The molecule has 2 aromatic heterocycles. The Hall–Kier alpha value is -4.42. The molecular formula is C24H33N11O2. The Kier molecular flexibility index (Phi) is 7.41. The average Bonchev–Trinajstić information content (AvgIpc) is 3.02. The van der Waals surface area contributed by atoms with E-state index >= 15 is 0 Å². The highest BCUT2D eigenvalue weighted by atomic mass is 16.2. The van der Waals surface area contributed by atoms with Crippen molar-refractivity contribution in [2.24, 2.45) is 0 Å². The Balaban J connectivity index is 1.43. The van der Waals surface area contributed by atoms with Gasteiger partial charge < -0.3 is 31.5 Å². The first-order valence-corrected chi connectivity index (χ1v) is 12.1. The molecule has 0 saturated carbocycles. The van der Waals surface area contributed by atoms with Crippen LogP contribution in [0.4, 0.5) is 33.9 Å². The van der Waals surface area contributed by atoms with E-state index in [9.17, 15) is 9.59 Å². The van der Waals surface area contributed by atoms with Gasteiger partial charge in [0.1, 0.15) is 12.1 Å². The van der Waals surface area contributed by atoms with E-state index in [2.05, 4.69) is 40.9 Å². The predicted octanol–water partition coefficient (Wildman–Crippen LogP) is 2.36. The van der Waals surface area contributed by atoms with Crippen LogP contribution in [0.2, 0.25) is 0 Å². The molecule has 3 heterocycles. The molecular weight excluding hydrogens is 474 g/mol. The number of carbonyl (C=O) groups excluding carboxylic acids is 2. The minimum absolute atomic E-state index is 0.0811. The summed E-state index contributed by atoms with van der Waals surface area (Å²) in [5, 5.41) is 13.2. The van der Waals surface area contributed by atoms with Crippen molar-refractivity contribution < 1.29 is 9.59 Å². The van der Waals surface area contributed by atoms with Crippen LogP contribution in [0.1, 0.15) is 34.1 Å². The third-order valence-corrected chi connectivity index (χ3v) is 5.64. The molecule has 5 N–H and O–H groups in total. The molecule has 1 aliphatic heterocycles.